The molecule has 1 fully saturated rings. The molecular formula is C22H26N2O3. The minimum absolute atomic E-state index is 0.0705. The molecule has 1 saturated heterocycles. The first-order valence-corrected chi connectivity index (χ1v) is 9.38. The molecule has 1 aliphatic heterocycles. The van der Waals surface area contributed by atoms with Crippen LogP contribution in [0, 0.1) is 0 Å². The van der Waals surface area contributed by atoms with E-state index in [1.807, 2.05) is 54.3 Å². The van der Waals surface area contributed by atoms with Crippen LogP contribution in [0.15, 0.2) is 54.6 Å². The Balaban J connectivity index is 1.61. The summed E-state index contributed by atoms with van der Waals surface area (Å²) in [5.41, 5.74) is 1.70. The third-order valence-corrected chi connectivity index (χ3v) is 4.95. The Kier molecular flexibility index (Phi) is 6.12. The first kappa shape index (κ1) is 19.0. The number of carbonyl (C=O) groups is 2. The second kappa shape index (κ2) is 8.71. The van der Waals surface area contributed by atoms with E-state index in [0.717, 1.165) is 30.7 Å². The Morgan fingerprint density at radius 1 is 1.19 bits per heavy atom. The first-order chi connectivity index (χ1) is 13.1. The maximum Gasteiger partial charge on any atom is 0.251 e. The maximum atomic E-state index is 12.9. The summed E-state index contributed by atoms with van der Waals surface area (Å²) >= 11 is 0. The van der Waals surface area contributed by atoms with Gasteiger partial charge in [0.05, 0.1) is 13.2 Å². The molecule has 27 heavy (non-hydrogen) atoms. The standard InChI is InChI=1S/C22H26N2O3/c1-16(23-22(26)17-8-4-3-5-9-17)14-21(25)24-13-7-12-20(24)18-10-6-11-19(15-18)27-2/h3-6,8-11,15-16,20H,7,12-14H2,1-2H3,(H,23,26). The number of carbonyl (C=O) groups excluding carboxylic acids is 2. The summed E-state index contributed by atoms with van der Waals surface area (Å²) in [5, 5.41) is 2.92. The molecule has 0 radical (unpaired) electrons. The van der Waals surface area contributed by atoms with Crippen LogP contribution in [-0.4, -0.2) is 36.4 Å². The summed E-state index contributed by atoms with van der Waals surface area (Å²) in [4.78, 5) is 27.1. The minimum atomic E-state index is -0.225. The van der Waals surface area contributed by atoms with Crippen LogP contribution in [0.3, 0.4) is 0 Å². The van der Waals surface area contributed by atoms with Crippen molar-refractivity contribution in [2.75, 3.05) is 13.7 Å². The van der Waals surface area contributed by atoms with Gasteiger partial charge in [-0.3, -0.25) is 9.59 Å². The molecule has 0 aliphatic carbocycles. The van der Waals surface area contributed by atoms with Gasteiger partial charge in [0.1, 0.15) is 5.75 Å². The average molecular weight is 366 g/mol. The Bertz CT molecular complexity index is 791. The normalized spacial score (nSPS) is 17.4. The molecule has 0 spiro atoms. The Morgan fingerprint density at radius 2 is 1.96 bits per heavy atom. The maximum absolute atomic E-state index is 12.9. The van der Waals surface area contributed by atoms with E-state index in [1.165, 1.54) is 0 Å². The molecule has 0 bridgehead atoms. The van der Waals surface area contributed by atoms with Crippen LogP contribution in [0.2, 0.25) is 0 Å². The lowest BCUT2D eigenvalue weighted by Gasteiger charge is -2.27. The molecule has 0 saturated carbocycles. The molecule has 5 nitrogen and oxygen atoms in total. The van der Waals surface area contributed by atoms with Gasteiger partial charge in [0.25, 0.3) is 5.91 Å². The van der Waals surface area contributed by atoms with Crippen molar-refractivity contribution in [2.24, 2.45) is 0 Å². The third-order valence-electron chi connectivity index (χ3n) is 4.95. The van der Waals surface area contributed by atoms with Crippen molar-refractivity contribution < 1.29 is 14.3 Å². The van der Waals surface area contributed by atoms with E-state index in [4.69, 9.17) is 4.74 Å². The van der Waals surface area contributed by atoms with Crippen LogP contribution in [0.1, 0.15) is 48.1 Å². The SMILES string of the molecule is COc1cccc(C2CCCN2C(=O)CC(C)NC(=O)c2ccccc2)c1. The number of nitrogens with one attached hydrogen (secondary N) is 1. The fourth-order valence-corrected chi connectivity index (χ4v) is 3.59. The molecule has 5 heteroatoms. The summed E-state index contributed by atoms with van der Waals surface area (Å²) in [6, 6.07) is 16.8. The molecular weight excluding hydrogens is 340 g/mol. The van der Waals surface area contributed by atoms with Crippen molar-refractivity contribution in [1.29, 1.82) is 0 Å². The smallest absolute Gasteiger partial charge is 0.251 e. The van der Waals surface area contributed by atoms with E-state index >= 15 is 0 Å². The van der Waals surface area contributed by atoms with Gasteiger partial charge in [-0.15, -0.1) is 0 Å². The molecule has 142 valence electrons. The lowest BCUT2D eigenvalue weighted by molar-refractivity contribution is -0.132. The van der Waals surface area contributed by atoms with E-state index in [2.05, 4.69) is 5.32 Å². The number of hydrogen-bond acceptors (Lipinski definition) is 3. The molecule has 2 unspecified atom stereocenters. The van der Waals surface area contributed by atoms with Gasteiger partial charge in [-0.05, 0) is 49.6 Å². The molecule has 2 aromatic carbocycles. The van der Waals surface area contributed by atoms with Gasteiger partial charge >= 0.3 is 0 Å². The molecule has 1 aliphatic rings. The van der Waals surface area contributed by atoms with Crippen molar-refractivity contribution in [3.8, 4) is 5.75 Å². The number of methoxy groups -OCH3 is 1. The van der Waals surface area contributed by atoms with E-state index in [0.29, 0.717) is 12.0 Å². The quantitative estimate of drug-likeness (QED) is 0.850. The zero-order valence-corrected chi connectivity index (χ0v) is 15.9. The monoisotopic (exact) mass is 366 g/mol. The molecule has 3 rings (SSSR count). The number of likely N-dealkylation sites (tertiary alicyclic amines) is 1. The molecule has 0 aromatic heterocycles. The van der Waals surface area contributed by atoms with Crippen LogP contribution in [0.5, 0.6) is 5.75 Å². The number of ether oxygens (including phenoxy) is 1. The number of amides is 2. The van der Waals surface area contributed by atoms with Crippen molar-refractivity contribution in [1.82, 2.24) is 10.2 Å². The summed E-state index contributed by atoms with van der Waals surface area (Å²) in [7, 11) is 1.65. The lowest BCUT2D eigenvalue weighted by atomic mass is 10.0. The van der Waals surface area contributed by atoms with Crippen LogP contribution in [-0.2, 0) is 4.79 Å². The first-order valence-electron chi connectivity index (χ1n) is 9.38. The lowest BCUT2D eigenvalue weighted by Crippen LogP contribution is -2.39. The predicted molar refractivity (Wildman–Crippen MR) is 105 cm³/mol. The highest BCUT2D eigenvalue weighted by Gasteiger charge is 2.30. The van der Waals surface area contributed by atoms with Gasteiger partial charge in [0.15, 0.2) is 0 Å². The van der Waals surface area contributed by atoms with Crippen LogP contribution < -0.4 is 10.1 Å². The van der Waals surface area contributed by atoms with E-state index in [-0.39, 0.29) is 23.9 Å². The van der Waals surface area contributed by atoms with Crippen LogP contribution in [0.4, 0.5) is 0 Å². The summed E-state index contributed by atoms with van der Waals surface area (Å²) < 4.78 is 5.31. The van der Waals surface area contributed by atoms with E-state index < -0.39 is 0 Å². The summed E-state index contributed by atoms with van der Waals surface area (Å²) in [5.74, 6) is 0.721. The fourth-order valence-electron chi connectivity index (χ4n) is 3.59. The van der Waals surface area contributed by atoms with Crippen molar-refractivity contribution in [2.45, 2.75) is 38.3 Å². The highest BCUT2D eigenvalue weighted by molar-refractivity contribution is 5.94. The van der Waals surface area contributed by atoms with Gasteiger partial charge in [-0.2, -0.15) is 0 Å². The highest BCUT2D eigenvalue weighted by Crippen LogP contribution is 2.34. The summed E-state index contributed by atoms with van der Waals surface area (Å²) in [6.45, 7) is 2.62. The summed E-state index contributed by atoms with van der Waals surface area (Å²) in [6.07, 6.45) is 2.22. The molecule has 2 atom stereocenters. The number of benzene rings is 2. The van der Waals surface area contributed by atoms with Crippen LogP contribution >= 0.6 is 0 Å². The molecule has 1 heterocycles. The zero-order valence-electron chi connectivity index (χ0n) is 15.9. The molecule has 2 aromatic rings. The molecule has 1 N–H and O–H groups in total. The minimum Gasteiger partial charge on any atom is -0.497 e. The van der Waals surface area contributed by atoms with Crippen molar-refractivity contribution in [3.05, 3.63) is 65.7 Å². The Hall–Kier alpha value is -2.82. The fraction of sp³-hybridized carbons (Fsp3) is 0.364. The van der Waals surface area contributed by atoms with Gasteiger partial charge in [0.2, 0.25) is 5.91 Å². The molecule has 2 amide bonds. The topological polar surface area (TPSA) is 58.6 Å². The second-order valence-corrected chi connectivity index (χ2v) is 6.97. The number of nitrogens with zero attached hydrogens (tertiary/aromatic N) is 1. The van der Waals surface area contributed by atoms with Crippen molar-refractivity contribution in [3.63, 3.8) is 0 Å². The highest BCUT2D eigenvalue weighted by atomic mass is 16.5. The van der Waals surface area contributed by atoms with Crippen molar-refractivity contribution >= 4 is 11.8 Å². The zero-order chi connectivity index (χ0) is 19.2. The van der Waals surface area contributed by atoms with Gasteiger partial charge in [-0.1, -0.05) is 30.3 Å². The third kappa shape index (κ3) is 4.67. The Labute approximate surface area is 160 Å². The van der Waals surface area contributed by atoms with Crippen LogP contribution in [0.25, 0.3) is 0 Å². The number of hydrogen-bond donors (Lipinski definition) is 1. The largest absolute Gasteiger partial charge is 0.497 e. The van der Waals surface area contributed by atoms with Gasteiger partial charge in [0, 0.05) is 24.6 Å². The van der Waals surface area contributed by atoms with Gasteiger partial charge in [-0.25, -0.2) is 0 Å². The van der Waals surface area contributed by atoms with Gasteiger partial charge < -0.3 is 15.0 Å². The second-order valence-electron chi connectivity index (χ2n) is 6.97. The van der Waals surface area contributed by atoms with E-state index in [9.17, 15) is 9.59 Å². The number of rotatable bonds is 6. The van der Waals surface area contributed by atoms with E-state index in [1.54, 1.807) is 19.2 Å². The Morgan fingerprint density at radius 3 is 2.70 bits per heavy atom. The predicted octanol–water partition coefficient (Wildman–Crippen LogP) is 3.57. The average Bonchev–Trinajstić information content (AvgIpc) is 3.18.